The summed E-state index contributed by atoms with van der Waals surface area (Å²) in [5, 5.41) is 8.83. The van der Waals surface area contributed by atoms with E-state index in [9.17, 15) is 13.6 Å². The maximum Gasteiger partial charge on any atom is 0.285 e. The second kappa shape index (κ2) is 7.80. The Kier molecular flexibility index (Phi) is 5.20. The molecular formula is C18H12ClF2N5O2S. The number of hydrogen-bond donors (Lipinski definition) is 0. The molecule has 0 amide bonds. The summed E-state index contributed by atoms with van der Waals surface area (Å²) in [6.07, 6.45) is 2.75. The first-order valence-electron chi connectivity index (χ1n) is 8.21. The zero-order chi connectivity index (χ0) is 20.5. The average molecular weight is 436 g/mol. The number of ether oxygens (including phenoxy) is 1. The Morgan fingerprint density at radius 3 is 2.79 bits per heavy atom. The SMILES string of the molecule is COc1ncc(-n2c(SCc3ccc(F)cc3Cl)nn3nccc3c2=O)cc1F. The molecule has 3 aromatic heterocycles. The van der Waals surface area contributed by atoms with E-state index in [2.05, 4.69) is 15.2 Å². The molecule has 0 spiro atoms. The molecule has 1 aromatic carbocycles. The van der Waals surface area contributed by atoms with Crippen LogP contribution in [0.15, 0.2) is 52.7 Å². The predicted octanol–water partition coefficient (Wildman–Crippen LogP) is 3.51. The highest BCUT2D eigenvalue weighted by molar-refractivity contribution is 7.98. The number of methoxy groups -OCH3 is 1. The Hall–Kier alpha value is -2.98. The van der Waals surface area contributed by atoms with Gasteiger partial charge in [-0.05, 0) is 23.8 Å². The molecule has 0 saturated carbocycles. The Balaban J connectivity index is 1.81. The monoisotopic (exact) mass is 435 g/mol. The van der Waals surface area contributed by atoms with Gasteiger partial charge in [0.05, 0.1) is 25.2 Å². The van der Waals surface area contributed by atoms with Crippen LogP contribution in [-0.2, 0) is 5.75 Å². The Morgan fingerprint density at radius 1 is 1.24 bits per heavy atom. The molecule has 7 nitrogen and oxygen atoms in total. The van der Waals surface area contributed by atoms with Crippen molar-refractivity contribution in [1.29, 1.82) is 0 Å². The van der Waals surface area contributed by atoms with Gasteiger partial charge < -0.3 is 4.74 Å². The van der Waals surface area contributed by atoms with Gasteiger partial charge >= 0.3 is 0 Å². The van der Waals surface area contributed by atoms with Gasteiger partial charge in [0.1, 0.15) is 5.82 Å². The van der Waals surface area contributed by atoms with Gasteiger partial charge in [-0.15, -0.1) is 9.73 Å². The molecule has 0 atom stereocenters. The highest BCUT2D eigenvalue weighted by Crippen LogP contribution is 2.27. The van der Waals surface area contributed by atoms with Crippen molar-refractivity contribution in [3.05, 3.63) is 75.3 Å². The van der Waals surface area contributed by atoms with Crippen LogP contribution in [0.3, 0.4) is 0 Å². The number of benzene rings is 1. The molecule has 29 heavy (non-hydrogen) atoms. The Morgan fingerprint density at radius 2 is 2.07 bits per heavy atom. The van der Waals surface area contributed by atoms with Crippen molar-refractivity contribution in [3.63, 3.8) is 0 Å². The zero-order valence-corrected chi connectivity index (χ0v) is 16.4. The van der Waals surface area contributed by atoms with Gasteiger partial charge in [0, 0.05) is 16.8 Å². The maximum absolute atomic E-state index is 14.2. The number of fused-ring (bicyclic) bond motifs is 1. The van der Waals surface area contributed by atoms with Crippen LogP contribution in [0.1, 0.15) is 5.56 Å². The molecule has 3 heterocycles. The quantitative estimate of drug-likeness (QED) is 0.447. The van der Waals surface area contributed by atoms with Crippen molar-refractivity contribution in [1.82, 2.24) is 24.4 Å². The second-order valence-corrected chi connectivity index (χ2v) is 7.19. The highest BCUT2D eigenvalue weighted by atomic mass is 35.5. The normalized spacial score (nSPS) is 11.2. The van der Waals surface area contributed by atoms with Crippen molar-refractivity contribution >= 4 is 28.9 Å². The lowest BCUT2D eigenvalue weighted by atomic mass is 10.2. The lowest BCUT2D eigenvalue weighted by Gasteiger charge is -2.13. The number of aromatic nitrogens is 5. The van der Waals surface area contributed by atoms with Crippen molar-refractivity contribution in [3.8, 4) is 11.6 Å². The summed E-state index contributed by atoms with van der Waals surface area (Å²) in [5.41, 5.74) is 0.595. The summed E-state index contributed by atoms with van der Waals surface area (Å²) in [5.74, 6) is -1.06. The first-order valence-corrected chi connectivity index (χ1v) is 9.58. The van der Waals surface area contributed by atoms with Gasteiger partial charge in [-0.25, -0.2) is 13.8 Å². The second-order valence-electron chi connectivity index (χ2n) is 5.84. The third-order valence-corrected chi connectivity index (χ3v) is 5.36. The summed E-state index contributed by atoms with van der Waals surface area (Å²) >= 11 is 7.25. The summed E-state index contributed by atoms with van der Waals surface area (Å²) in [6.45, 7) is 0. The molecule has 0 bridgehead atoms. The van der Waals surface area contributed by atoms with Crippen LogP contribution in [0.25, 0.3) is 11.2 Å². The van der Waals surface area contributed by atoms with E-state index in [1.165, 1.54) is 58.7 Å². The molecule has 0 radical (unpaired) electrons. The van der Waals surface area contributed by atoms with E-state index in [0.717, 1.165) is 6.07 Å². The van der Waals surface area contributed by atoms with Crippen LogP contribution in [0.5, 0.6) is 5.88 Å². The summed E-state index contributed by atoms with van der Waals surface area (Å²) in [6, 6.07) is 6.69. The summed E-state index contributed by atoms with van der Waals surface area (Å²) in [7, 11) is 1.30. The van der Waals surface area contributed by atoms with Gasteiger partial charge in [-0.3, -0.25) is 9.36 Å². The Bertz CT molecular complexity index is 1280. The molecule has 11 heteroatoms. The van der Waals surface area contributed by atoms with Crippen LogP contribution in [0, 0.1) is 11.6 Å². The molecule has 0 aliphatic rings. The topological polar surface area (TPSA) is 74.3 Å². The number of rotatable bonds is 5. The molecule has 4 aromatic rings. The van der Waals surface area contributed by atoms with Crippen LogP contribution < -0.4 is 10.3 Å². The van der Waals surface area contributed by atoms with E-state index in [4.69, 9.17) is 16.3 Å². The molecule has 148 valence electrons. The maximum atomic E-state index is 14.2. The minimum absolute atomic E-state index is 0.178. The summed E-state index contributed by atoms with van der Waals surface area (Å²) < 4.78 is 34.7. The zero-order valence-electron chi connectivity index (χ0n) is 14.8. The number of pyridine rings is 1. The van der Waals surface area contributed by atoms with Crippen LogP contribution in [0.2, 0.25) is 5.02 Å². The number of hydrogen-bond acceptors (Lipinski definition) is 6. The lowest BCUT2D eigenvalue weighted by Crippen LogP contribution is -2.24. The molecule has 0 aliphatic heterocycles. The fraction of sp³-hybridized carbons (Fsp3) is 0.111. The van der Waals surface area contributed by atoms with Crippen LogP contribution >= 0.6 is 23.4 Å². The van der Waals surface area contributed by atoms with Gasteiger partial charge in [-0.2, -0.15) is 5.10 Å². The fourth-order valence-corrected chi connectivity index (χ4v) is 3.95. The minimum Gasteiger partial charge on any atom is -0.479 e. The predicted molar refractivity (Wildman–Crippen MR) is 104 cm³/mol. The van der Waals surface area contributed by atoms with Crippen molar-refractivity contribution in [2.24, 2.45) is 0 Å². The lowest BCUT2D eigenvalue weighted by molar-refractivity contribution is 0.368. The molecule has 0 aliphatic carbocycles. The molecular weight excluding hydrogens is 424 g/mol. The van der Waals surface area contributed by atoms with E-state index < -0.39 is 17.2 Å². The Labute approximate surface area is 171 Å². The number of halogens is 3. The van der Waals surface area contributed by atoms with Crippen molar-refractivity contribution in [2.75, 3.05) is 7.11 Å². The van der Waals surface area contributed by atoms with E-state index >= 15 is 0 Å². The van der Waals surface area contributed by atoms with E-state index in [1.54, 1.807) is 6.07 Å². The third-order valence-electron chi connectivity index (χ3n) is 4.03. The van der Waals surface area contributed by atoms with Crippen molar-refractivity contribution in [2.45, 2.75) is 10.9 Å². The van der Waals surface area contributed by atoms with Gasteiger partial charge in [0.15, 0.2) is 16.5 Å². The van der Waals surface area contributed by atoms with E-state index in [0.29, 0.717) is 11.3 Å². The van der Waals surface area contributed by atoms with Crippen LogP contribution in [0.4, 0.5) is 8.78 Å². The van der Waals surface area contributed by atoms with Gasteiger partial charge in [-0.1, -0.05) is 29.4 Å². The first kappa shape index (κ1) is 19.3. The van der Waals surface area contributed by atoms with Crippen LogP contribution in [-0.4, -0.2) is 31.5 Å². The fourth-order valence-electron chi connectivity index (χ4n) is 2.65. The van der Waals surface area contributed by atoms with E-state index in [-0.39, 0.29) is 27.3 Å². The molecule has 0 fully saturated rings. The standard InChI is InChI=1S/C18H12ClF2N5O2S/c1-28-16-14(21)7-12(8-22-16)25-17(27)15-4-5-23-26(15)24-18(25)29-9-10-2-3-11(20)6-13(10)19/h2-8H,9H2,1H3. The van der Waals surface area contributed by atoms with Crippen molar-refractivity contribution < 1.29 is 13.5 Å². The van der Waals surface area contributed by atoms with E-state index in [1.807, 2.05) is 0 Å². The highest BCUT2D eigenvalue weighted by Gasteiger charge is 2.17. The first-order chi connectivity index (χ1) is 14.0. The smallest absolute Gasteiger partial charge is 0.285 e. The largest absolute Gasteiger partial charge is 0.479 e. The minimum atomic E-state index is -0.720. The molecule has 0 saturated heterocycles. The van der Waals surface area contributed by atoms with Gasteiger partial charge in [0.25, 0.3) is 5.56 Å². The number of thioether (sulfide) groups is 1. The molecule has 0 N–H and O–H groups in total. The molecule has 4 rings (SSSR count). The third kappa shape index (κ3) is 3.68. The summed E-state index contributed by atoms with van der Waals surface area (Å²) in [4.78, 5) is 16.9. The van der Waals surface area contributed by atoms with Gasteiger partial charge in [0.2, 0.25) is 5.88 Å². The number of nitrogens with zero attached hydrogens (tertiary/aromatic N) is 5. The molecule has 0 unspecified atom stereocenters. The average Bonchev–Trinajstić information content (AvgIpc) is 3.16.